The van der Waals surface area contributed by atoms with Crippen molar-refractivity contribution < 1.29 is 24.5 Å². The van der Waals surface area contributed by atoms with E-state index in [1.165, 1.54) is 315 Å². The number of aliphatic hydroxyl groups is 2. The lowest BCUT2D eigenvalue weighted by Crippen LogP contribution is -2.45. The van der Waals surface area contributed by atoms with Gasteiger partial charge in [-0.3, -0.25) is 9.59 Å². The van der Waals surface area contributed by atoms with E-state index in [4.69, 9.17) is 4.74 Å². The Bertz CT molecular complexity index is 1190. The van der Waals surface area contributed by atoms with Crippen molar-refractivity contribution in [2.75, 3.05) is 13.2 Å². The number of aliphatic hydroxyl groups excluding tert-OH is 2. The summed E-state index contributed by atoms with van der Waals surface area (Å²) in [4.78, 5) is 24.5. The van der Waals surface area contributed by atoms with Gasteiger partial charge in [0.1, 0.15) is 0 Å². The van der Waals surface area contributed by atoms with Crippen molar-refractivity contribution in [3.8, 4) is 0 Å². The Hall–Kier alpha value is -1.66. The number of hydrogen-bond acceptors (Lipinski definition) is 5. The Labute approximate surface area is 475 Å². The fraction of sp³-hybridized carbons (Fsp3) is 0.914. The molecule has 0 aliphatic rings. The number of carbonyl (C=O) groups is 2. The van der Waals surface area contributed by atoms with Gasteiger partial charge in [0.2, 0.25) is 5.91 Å². The molecule has 0 aliphatic carbocycles. The molecule has 0 aromatic heterocycles. The molecule has 0 aliphatic heterocycles. The lowest BCUT2D eigenvalue weighted by Gasteiger charge is -2.20. The van der Waals surface area contributed by atoms with Gasteiger partial charge in [-0.15, -0.1) is 0 Å². The summed E-state index contributed by atoms with van der Waals surface area (Å²) >= 11 is 0. The number of ether oxygens (including phenoxy) is 1. The van der Waals surface area contributed by atoms with Crippen molar-refractivity contribution in [1.29, 1.82) is 0 Å². The standard InChI is InChI=1S/C70H135NO5/c1-3-5-7-9-11-13-15-17-18-36-40-44-48-52-56-60-64-70(75)76-65-61-57-53-49-45-41-37-34-32-30-28-26-24-22-20-19-21-23-25-27-29-31-33-35-39-43-47-51-55-59-63-69(74)71-67(66-72)68(73)62-58-54-50-46-42-38-16-14-12-10-8-6-4-2/h18,36,58,62,67-68,72-73H,3-17,19-35,37-57,59-61,63-66H2,1-2H3,(H,71,74)/b36-18-,62-58+. The van der Waals surface area contributed by atoms with Crippen LogP contribution in [0.5, 0.6) is 0 Å². The van der Waals surface area contributed by atoms with Crippen LogP contribution in [0.3, 0.4) is 0 Å². The molecule has 0 heterocycles. The second-order valence-corrected chi connectivity index (χ2v) is 23.9. The molecule has 0 rings (SSSR count). The van der Waals surface area contributed by atoms with Gasteiger partial charge in [-0.2, -0.15) is 0 Å². The average molecular weight is 1070 g/mol. The molecule has 76 heavy (non-hydrogen) atoms. The summed E-state index contributed by atoms with van der Waals surface area (Å²) in [6.45, 7) is 4.92. The molecule has 2 unspecified atom stereocenters. The largest absolute Gasteiger partial charge is 0.466 e. The normalized spacial score (nSPS) is 12.6. The number of esters is 1. The Morgan fingerprint density at radius 2 is 0.618 bits per heavy atom. The van der Waals surface area contributed by atoms with E-state index in [1.54, 1.807) is 6.08 Å². The molecule has 0 aromatic rings. The van der Waals surface area contributed by atoms with Gasteiger partial charge in [-0.05, 0) is 57.8 Å². The zero-order valence-electron chi connectivity index (χ0n) is 51.5. The van der Waals surface area contributed by atoms with E-state index in [0.717, 1.165) is 44.9 Å². The van der Waals surface area contributed by atoms with Crippen LogP contribution in [-0.4, -0.2) is 47.4 Å². The molecule has 1 amide bonds. The van der Waals surface area contributed by atoms with Crippen LogP contribution in [0, 0.1) is 0 Å². The van der Waals surface area contributed by atoms with Crippen LogP contribution in [0.2, 0.25) is 0 Å². The number of carbonyl (C=O) groups excluding carboxylic acids is 2. The fourth-order valence-corrected chi connectivity index (χ4v) is 10.9. The van der Waals surface area contributed by atoms with E-state index in [9.17, 15) is 19.8 Å². The molecule has 0 aromatic carbocycles. The minimum absolute atomic E-state index is 0.0129. The van der Waals surface area contributed by atoms with Crippen LogP contribution in [0.4, 0.5) is 0 Å². The molecule has 0 spiro atoms. The Morgan fingerprint density at radius 3 is 0.934 bits per heavy atom. The first-order chi connectivity index (χ1) is 37.5. The number of unbranched alkanes of at least 4 members (excludes halogenated alkanes) is 52. The molecular weight excluding hydrogens is 935 g/mol. The summed E-state index contributed by atoms with van der Waals surface area (Å²) in [6.07, 6.45) is 82.6. The van der Waals surface area contributed by atoms with Crippen LogP contribution in [0.15, 0.2) is 24.3 Å². The molecule has 0 saturated heterocycles. The molecule has 0 bridgehead atoms. The van der Waals surface area contributed by atoms with Crippen molar-refractivity contribution >= 4 is 11.9 Å². The lowest BCUT2D eigenvalue weighted by atomic mass is 10.0. The van der Waals surface area contributed by atoms with Crippen molar-refractivity contribution in [2.24, 2.45) is 0 Å². The van der Waals surface area contributed by atoms with Crippen molar-refractivity contribution in [1.82, 2.24) is 5.32 Å². The predicted molar refractivity (Wildman–Crippen MR) is 333 cm³/mol. The summed E-state index contributed by atoms with van der Waals surface area (Å²) < 4.78 is 5.50. The van der Waals surface area contributed by atoms with Crippen LogP contribution < -0.4 is 5.32 Å². The highest BCUT2D eigenvalue weighted by Crippen LogP contribution is 2.19. The van der Waals surface area contributed by atoms with Gasteiger partial charge in [0.05, 0.1) is 25.4 Å². The Morgan fingerprint density at radius 1 is 0.355 bits per heavy atom. The quantitative estimate of drug-likeness (QED) is 0.0320. The molecule has 0 saturated carbocycles. The highest BCUT2D eigenvalue weighted by molar-refractivity contribution is 5.76. The molecule has 3 N–H and O–H groups in total. The molecule has 0 fully saturated rings. The van der Waals surface area contributed by atoms with Crippen LogP contribution >= 0.6 is 0 Å². The first kappa shape index (κ1) is 74.3. The average Bonchev–Trinajstić information content (AvgIpc) is 3.42. The molecule has 6 nitrogen and oxygen atoms in total. The van der Waals surface area contributed by atoms with Crippen LogP contribution in [-0.2, 0) is 14.3 Å². The number of nitrogens with one attached hydrogen (secondary N) is 1. The maximum atomic E-state index is 12.5. The van der Waals surface area contributed by atoms with Crippen molar-refractivity contribution in [2.45, 2.75) is 398 Å². The third-order valence-electron chi connectivity index (χ3n) is 16.2. The maximum absolute atomic E-state index is 12.5. The minimum Gasteiger partial charge on any atom is -0.466 e. The van der Waals surface area contributed by atoms with E-state index in [1.807, 2.05) is 6.08 Å². The fourth-order valence-electron chi connectivity index (χ4n) is 10.9. The van der Waals surface area contributed by atoms with Crippen LogP contribution in [0.1, 0.15) is 386 Å². The van der Waals surface area contributed by atoms with E-state index in [-0.39, 0.29) is 18.5 Å². The third kappa shape index (κ3) is 61.6. The van der Waals surface area contributed by atoms with Gasteiger partial charge in [-0.1, -0.05) is 340 Å². The molecule has 2 atom stereocenters. The van der Waals surface area contributed by atoms with Crippen LogP contribution in [0.25, 0.3) is 0 Å². The topological polar surface area (TPSA) is 95.9 Å². The number of amides is 1. The van der Waals surface area contributed by atoms with Gasteiger partial charge in [-0.25, -0.2) is 0 Å². The number of hydrogen-bond donors (Lipinski definition) is 3. The van der Waals surface area contributed by atoms with E-state index < -0.39 is 12.1 Å². The SMILES string of the molecule is CCCCCCCCC/C=C\CCCCCCCC(=O)OCCCCCCCCCCCCCCCCCCCCCCCCCCCCCCCCC(=O)NC(CO)C(O)/C=C/CCCCCCCCCCCCC. The van der Waals surface area contributed by atoms with E-state index in [2.05, 4.69) is 31.3 Å². The first-order valence-electron chi connectivity index (χ1n) is 34.6. The van der Waals surface area contributed by atoms with Crippen molar-refractivity contribution in [3.63, 3.8) is 0 Å². The summed E-state index contributed by atoms with van der Waals surface area (Å²) in [5.41, 5.74) is 0. The summed E-state index contributed by atoms with van der Waals surface area (Å²) in [6, 6.07) is -0.624. The molecule has 6 heteroatoms. The second kappa shape index (κ2) is 65.9. The zero-order chi connectivity index (χ0) is 55.0. The highest BCUT2D eigenvalue weighted by atomic mass is 16.5. The van der Waals surface area contributed by atoms with Gasteiger partial charge < -0.3 is 20.3 Å². The third-order valence-corrected chi connectivity index (χ3v) is 16.2. The van der Waals surface area contributed by atoms with Gasteiger partial charge in [0, 0.05) is 12.8 Å². The Balaban J connectivity index is 3.33. The molecule has 450 valence electrons. The van der Waals surface area contributed by atoms with E-state index >= 15 is 0 Å². The summed E-state index contributed by atoms with van der Waals surface area (Å²) in [5, 5.41) is 23.1. The van der Waals surface area contributed by atoms with Gasteiger partial charge >= 0.3 is 5.97 Å². The number of allylic oxidation sites excluding steroid dienone is 3. The highest BCUT2D eigenvalue weighted by Gasteiger charge is 2.18. The second-order valence-electron chi connectivity index (χ2n) is 23.9. The predicted octanol–water partition coefficient (Wildman–Crippen LogP) is 22.1. The van der Waals surface area contributed by atoms with Crippen molar-refractivity contribution in [3.05, 3.63) is 24.3 Å². The molecular formula is C70H135NO5. The summed E-state index contributed by atoms with van der Waals surface area (Å²) in [7, 11) is 0. The Kier molecular flexibility index (Phi) is 64.4. The zero-order valence-corrected chi connectivity index (χ0v) is 51.5. The van der Waals surface area contributed by atoms with Gasteiger partial charge in [0.25, 0.3) is 0 Å². The lowest BCUT2D eigenvalue weighted by molar-refractivity contribution is -0.143. The first-order valence-corrected chi connectivity index (χ1v) is 34.6. The van der Waals surface area contributed by atoms with E-state index in [0.29, 0.717) is 19.4 Å². The summed E-state index contributed by atoms with van der Waals surface area (Å²) in [5.74, 6) is -0.0497. The molecule has 0 radical (unpaired) electrons. The smallest absolute Gasteiger partial charge is 0.305 e. The monoisotopic (exact) mass is 1070 g/mol. The minimum atomic E-state index is -0.840. The van der Waals surface area contributed by atoms with Gasteiger partial charge in [0.15, 0.2) is 0 Å². The maximum Gasteiger partial charge on any atom is 0.305 e. The number of rotatable bonds is 65.